The summed E-state index contributed by atoms with van der Waals surface area (Å²) in [5, 5.41) is 38.5. The van der Waals surface area contributed by atoms with E-state index < -0.39 is 0 Å². The van der Waals surface area contributed by atoms with Crippen LogP contribution in [0.3, 0.4) is 0 Å². The Morgan fingerprint density at radius 3 is 1.31 bits per heavy atom. The molecule has 0 amide bonds. The second kappa shape index (κ2) is 11.9. The van der Waals surface area contributed by atoms with Crippen LogP contribution in [0.15, 0.2) is 71.0 Å². The van der Waals surface area contributed by atoms with Crippen LogP contribution in [0.4, 0.5) is 0 Å². The molecular formula is C26H24Cl2N12S2. The second-order valence-electron chi connectivity index (χ2n) is 9.72. The van der Waals surface area contributed by atoms with Gasteiger partial charge in [0.2, 0.25) is 11.6 Å². The number of hydrogen-bond acceptors (Lipinski definition) is 10. The molecule has 0 aliphatic carbocycles. The smallest absolute Gasteiger partial charge is 0.209 e. The molecule has 0 spiro atoms. The molecule has 6 aromatic rings. The monoisotopic (exact) mass is 638 g/mol. The van der Waals surface area contributed by atoms with Gasteiger partial charge in [0.15, 0.2) is 0 Å². The molecule has 0 atom stereocenters. The highest BCUT2D eigenvalue weighted by Gasteiger charge is 2.24. The van der Waals surface area contributed by atoms with E-state index in [0.29, 0.717) is 21.7 Å². The van der Waals surface area contributed by atoms with Crippen LogP contribution in [0, 0.1) is 0 Å². The molecule has 6 rings (SSSR count). The van der Waals surface area contributed by atoms with Crippen molar-refractivity contribution in [2.75, 3.05) is 0 Å². The van der Waals surface area contributed by atoms with Crippen LogP contribution in [-0.4, -0.2) is 60.0 Å². The highest BCUT2D eigenvalue weighted by Crippen LogP contribution is 2.45. The summed E-state index contributed by atoms with van der Waals surface area (Å²) >= 11 is 12.4. The quantitative estimate of drug-likeness (QED) is 0.159. The standard InChI is InChI=1S/C26H24Cl2N12S2/c1-15(2)39-33-23(31-35-39)21-13-29-37(19-9-5-17(27)6-10-19)25(21)41-42-26-22(24-32-36-40(34-24)16(3)4)14-30-38(26)20-11-7-18(28)8-12-20/h5-16H,1-4H3. The topological polar surface area (TPSA) is 123 Å². The third-order valence-electron chi connectivity index (χ3n) is 6.05. The van der Waals surface area contributed by atoms with Crippen molar-refractivity contribution in [3.63, 3.8) is 0 Å². The minimum atomic E-state index is 0.0612. The number of tetrazole rings is 2. The van der Waals surface area contributed by atoms with Crippen LogP contribution in [0.5, 0.6) is 0 Å². The van der Waals surface area contributed by atoms with Gasteiger partial charge >= 0.3 is 0 Å². The Morgan fingerprint density at radius 1 is 0.595 bits per heavy atom. The third kappa shape index (κ3) is 5.67. The van der Waals surface area contributed by atoms with Gasteiger partial charge in [-0.05, 0) is 108 Å². The van der Waals surface area contributed by atoms with Crippen LogP contribution in [0.1, 0.15) is 39.8 Å². The summed E-state index contributed by atoms with van der Waals surface area (Å²) in [5.74, 6) is 0.944. The van der Waals surface area contributed by atoms with Crippen LogP contribution in [0.25, 0.3) is 34.2 Å². The molecule has 4 heterocycles. The van der Waals surface area contributed by atoms with Crippen molar-refractivity contribution >= 4 is 44.8 Å². The van der Waals surface area contributed by atoms with Gasteiger partial charge in [-0.1, -0.05) is 23.2 Å². The first-order valence-electron chi connectivity index (χ1n) is 12.9. The van der Waals surface area contributed by atoms with E-state index in [4.69, 9.17) is 23.2 Å². The van der Waals surface area contributed by atoms with Crippen molar-refractivity contribution in [2.24, 2.45) is 0 Å². The average Bonchev–Trinajstić information content (AvgIpc) is 3.78. The first-order chi connectivity index (χ1) is 20.3. The lowest BCUT2D eigenvalue weighted by Gasteiger charge is -2.11. The van der Waals surface area contributed by atoms with E-state index in [0.717, 1.165) is 32.6 Å². The molecule has 0 aliphatic rings. The van der Waals surface area contributed by atoms with Gasteiger partial charge in [0.25, 0.3) is 0 Å². The number of aromatic nitrogens is 12. The SMILES string of the molecule is CC(C)n1nnc(-c2cnn(-c3ccc(Cl)cc3)c2SSc2c(-c3nnn(C(C)C)n3)cnn2-c2ccc(Cl)cc2)n1. The number of nitrogens with zero attached hydrogens (tertiary/aromatic N) is 12. The van der Waals surface area contributed by atoms with E-state index >= 15 is 0 Å². The first kappa shape index (κ1) is 28.4. The number of hydrogen-bond donors (Lipinski definition) is 0. The van der Waals surface area contributed by atoms with Crippen LogP contribution < -0.4 is 0 Å². The molecule has 16 heteroatoms. The minimum absolute atomic E-state index is 0.0612. The molecule has 0 N–H and O–H groups in total. The van der Waals surface area contributed by atoms with Gasteiger partial charge < -0.3 is 0 Å². The maximum atomic E-state index is 6.18. The Balaban J connectivity index is 1.44. The lowest BCUT2D eigenvalue weighted by molar-refractivity contribution is 0.455. The first-order valence-corrected chi connectivity index (χ1v) is 15.8. The summed E-state index contributed by atoms with van der Waals surface area (Å²) in [6.07, 6.45) is 3.48. The molecule has 12 nitrogen and oxygen atoms in total. The van der Waals surface area contributed by atoms with E-state index in [1.165, 1.54) is 21.6 Å². The average molecular weight is 640 g/mol. The van der Waals surface area contributed by atoms with Crippen molar-refractivity contribution in [2.45, 2.75) is 49.8 Å². The molecule has 0 bridgehead atoms. The third-order valence-corrected chi connectivity index (χ3v) is 8.94. The fourth-order valence-electron chi connectivity index (χ4n) is 3.86. The molecule has 0 aliphatic heterocycles. The maximum Gasteiger partial charge on any atom is 0.209 e. The van der Waals surface area contributed by atoms with Gasteiger partial charge in [-0.2, -0.15) is 19.8 Å². The molecule has 42 heavy (non-hydrogen) atoms. The van der Waals surface area contributed by atoms with Crippen LogP contribution in [-0.2, 0) is 0 Å². The van der Waals surface area contributed by atoms with Crippen molar-refractivity contribution in [1.29, 1.82) is 0 Å². The summed E-state index contributed by atoms with van der Waals surface area (Å²) in [6, 6.07) is 15.0. The van der Waals surface area contributed by atoms with Crippen LogP contribution in [0.2, 0.25) is 10.0 Å². The summed E-state index contributed by atoms with van der Waals surface area (Å²) in [5.41, 5.74) is 3.13. The van der Waals surface area contributed by atoms with Crippen molar-refractivity contribution in [1.82, 2.24) is 60.0 Å². The molecule has 2 aromatic carbocycles. The minimum Gasteiger partial charge on any atom is -0.226 e. The molecular weight excluding hydrogens is 615 g/mol. The zero-order chi connectivity index (χ0) is 29.4. The zero-order valence-corrected chi connectivity index (χ0v) is 26.0. The predicted molar refractivity (Wildman–Crippen MR) is 163 cm³/mol. The molecule has 0 fully saturated rings. The zero-order valence-electron chi connectivity index (χ0n) is 22.9. The van der Waals surface area contributed by atoms with Crippen molar-refractivity contribution < 1.29 is 0 Å². The summed E-state index contributed by atoms with van der Waals surface area (Å²) < 4.78 is 3.66. The van der Waals surface area contributed by atoms with Gasteiger partial charge in [0.05, 0.1) is 47.0 Å². The fourth-order valence-corrected chi connectivity index (χ4v) is 6.62. The summed E-state index contributed by atoms with van der Waals surface area (Å²) in [4.78, 5) is 3.15. The maximum absolute atomic E-state index is 6.18. The Hall–Kier alpha value is -3.72. The van der Waals surface area contributed by atoms with Gasteiger partial charge in [0, 0.05) is 10.0 Å². The Morgan fingerprint density at radius 2 is 0.976 bits per heavy atom. The lowest BCUT2D eigenvalue weighted by atomic mass is 10.3. The Bertz CT molecular complexity index is 1690. The van der Waals surface area contributed by atoms with E-state index in [2.05, 4.69) is 41.0 Å². The van der Waals surface area contributed by atoms with Crippen molar-refractivity contribution in [3.05, 3.63) is 71.0 Å². The van der Waals surface area contributed by atoms with E-state index in [9.17, 15) is 0 Å². The van der Waals surface area contributed by atoms with Gasteiger partial charge in [-0.15, -0.1) is 20.4 Å². The largest absolute Gasteiger partial charge is 0.226 e. The fraction of sp³-hybridized carbons (Fsp3) is 0.231. The molecule has 214 valence electrons. The normalized spacial score (nSPS) is 11.7. The van der Waals surface area contributed by atoms with E-state index in [-0.39, 0.29) is 12.1 Å². The van der Waals surface area contributed by atoms with Crippen LogP contribution >= 0.6 is 44.8 Å². The molecule has 4 aromatic heterocycles. The Labute approximate surface area is 258 Å². The molecule has 0 unspecified atom stereocenters. The number of rotatable bonds is 9. The van der Waals surface area contributed by atoms with Gasteiger partial charge in [0.1, 0.15) is 10.1 Å². The summed E-state index contributed by atoms with van der Waals surface area (Å²) in [7, 11) is 2.96. The van der Waals surface area contributed by atoms with Gasteiger partial charge in [-0.3, -0.25) is 0 Å². The van der Waals surface area contributed by atoms with E-state index in [1.807, 2.05) is 85.6 Å². The molecule has 0 saturated heterocycles. The highest BCUT2D eigenvalue weighted by atomic mass is 35.5. The number of halogens is 2. The molecule has 0 saturated carbocycles. The number of benzene rings is 2. The molecule has 0 radical (unpaired) electrons. The van der Waals surface area contributed by atoms with Crippen molar-refractivity contribution in [3.8, 4) is 34.2 Å². The second-order valence-corrected chi connectivity index (χ2v) is 12.7. The highest BCUT2D eigenvalue weighted by molar-refractivity contribution is 8.76. The predicted octanol–water partition coefficient (Wildman–Crippen LogP) is 6.63. The summed E-state index contributed by atoms with van der Waals surface area (Å²) in [6.45, 7) is 7.99. The van der Waals surface area contributed by atoms with Gasteiger partial charge in [-0.25, -0.2) is 9.36 Å². The van der Waals surface area contributed by atoms with E-state index in [1.54, 1.807) is 22.0 Å². The lowest BCUT2D eigenvalue weighted by Crippen LogP contribution is -2.04. The Kier molecular flexibility index (Phi) is 8.03.